The lowest BCUT2D eigenvalue weighted by molar-refractivity contribution is 0.785. The molecule has 0 amide bonds. The molecule has 118 valence electrons. The SMILES string of the molecule is Cn1ncc2c(Nc3ccccc3Nc3ccccc3)ncnc21. The molecule has 0 saturated heterocycles. The second-order valence-corrected chi connectivity index (χ2v) is 5.39. The van der Waals surface area contributed by atoms with Gasteiger partial charge in [-0.25, -0.2) is 9.97 Å². The number of fused-ring (bicyclic) bond motifs is 1. The fourth-order valence-corrected chi connectivity index (χ4v) is 2.57. The molecule has 2 aromatic heterocycles. The van der Waals surface area contributed by atoms with Crippen LogP contribution in [0.15, 0.2) is 67.1 Å². The molecule has 0 radical (unpaired) electrons. The summed E-state index contributed by atoms with van der Waals surface area (Å²) in [5, 5.41) is 11.9. The van der Waals surface area contributed by atoms with Crippen LogP contribution in [0.2, 0.25) is 0 Å². The third-order valence-corrected chi connectivity index (χ3v) is 3.76. The number of para-hydroxylation sites is 3. The van der Waals surface area contributed by atoms with E-state index in [2.05, 4.69) is 25.7 Å². The van der Waals surface area contributed by atoms with Crippen LogP contribution >= 0.6 is 0 Å². The van der Waals surface area contributed by atoms with Crippen molar-refractivity contribution in [1.82, 2.24) is 19.7 Å². The number of hydrogen-bond acceptors (Lipinski definition) is 5. The maximum absolute atomic E-state index is 4.36. The molecule has 0 aliphatic heterocycles. The minimum absolute atomic E-state index is 0.732. The van der Waals surface area contributed by atoms with Crippen molar-refractivity contribution in [3.05, 3.63) is 67.1 Å². The van der Waals surface area contributed by atoms with Gasteiger partial charge in [0.15, 0.2) is 5.65 Å². The van der Waals surface area contributed by atoms with Crippen molar-refractivity contribution in [3.63, 3.8) is 0 Å². The topological polar surface area (TPSA) is 67.7 Å². The van der Waals surface area contributed by atoms with E-state index in [-0.39, 0.29) is 0 Å². The maximum atomic E-state index is 4.36. The number of nitrogens with one attached hydrogen (secondary N) is 2. The van der Waals surface area contributed by atoms with Crippen molar-refractivity contribution in [2.75, 3.05) is 10.6 Å². The van der Waals surface area contributed by atoms with E-state index < -0.39 is 0 Å². The minimum atomic E-state index is 0.732. The van der Waals surface area contributed by atoms with E-state index >= 15 is 0 Å². The Kier molecular flexibility index (Phi) is 3.55. The summed E-state index contributed by atoms with van der Waals surface area (Å²) in [5.74, 6) is 0.732. The Labute approximate surface area is 139 Å². The van der Waals surface area contributed by atoms with Crippen molar-refractivity contribution in [2.45, 2.75) is 0 Å². The summed E-state index contributed by atoms with van der Waals surface area (Å²) in [4.78, 5) is 8.63. The van der Waals surface area contributed by atoms with Crippen LogP contribution in [0.25, 0.3) is 11.0 Å². The van der Waals surface area contributed by atoms with E-state index in [0.29, 0.717) is 0 Å². The van der Waals surface area contributed by atoms with Crippen molar-refractivity contribution < 1.29 is 0 Å². The predicted octanol–water partition coefficient (Wildman–Crippen LogP) is 3.85. The monoisotopic (exact) mass is 316 g/mol. The lowest BCUT2D eigenvalue weighted by atomic mass is 10.2. The van der Waals surface area contributed by atoms with E-state index in [0.717, 1.165) is 33.9 Å². The molecular formula is C18H16N6. The van der Waals surface area contributed by atoms with Gasteiger partial charge in [-0.3, -0.25) is 4.68 Å². The third-order valence-electron chi connectivity index (χ3n) is 3.76. The highest BCUT2D eigenvalue weighted by Gasteiger charge is 2.10. The van der Waals surface area contributed by atoms with Crippen molar-refractivity contribution in [1.29, 1.82) is 0 Å². The molecule has 6 heteroatoms. The molecule has 4 rings (SSSR count). The number of hydrogen-bond donors (Lipinski definition) is 2. The molecule has 24 heavy (non-hydrogen) atoms. The zero-order chi connectivity index (χ0) is 16.4. The van der Waals surface area contributed by atoms with Gasteiger partial charge in [0.25, 0.3) is 0 Å². The average Bonchev–Trinajstić information content (AvgIpc) is 3.00. The van der Waals surface area contributed by atoms with Crippen LogP contribution in [0.3, 0.4) is 0 Å². The summed E-state index contributed by atoms with van der Waals surface area (Å²) in [6.45, 7) is 0. The van der Waals surface area contributed by atoms with Crippen molar-refractivity contribution >= 4 is 33.9 Å². The van der Waals surface area contributed by atoms with E-state index in [4.69, 9.17) is 0 Å². The Balaban J connectivity index is 1.69. The summed E-state index contributed by atoms with van der Waals surface area (Å²) in [7, 11) is 1.87. The summed E-state index contributed by atoms with van der Waals surface area (Å²) in [6, 6.07) is 18.1. The zero-order valence-electron chi connectivity index (χ0n) is 13.1. The number of benzene rings is 2. The number of nitrogens with zero attached hydrogens (tertiary/aromatic N) is 4. The molecule has 0 unspecified atom stereocenters. The standard InChI is InChI=1S/C18H16N6/c1-24-18-14(11-21-24)17(19-12-20-18)23-16-10-6-5-9-15(16)22-13-7-3-2-4-8-13/h2-12,22H,1H3,(H,19,20,23). The van der Waals surface area contributed by atoms with Gasteiger partial charge in [0.2, 0.25) is 0 Å². The van der Waals surface area contributed by atoms with E-state index in [1.54, 1.807) is 17.2 Å². The van der Waals surface area contributed by atoms with Crippen LogP contribution < -0.4 is 10.6 Å². The van der Waals surface area contributed by atoms with Gasteiger partial charge in [-0.2, -0.15) is 5.10 Å². The molecular weight excluding hydrogens is 300 g/mol. The second kappa shape index (κ2) is 6.00. The normalized spacial score (nSPS) is 10.7. The second-order valence-electron chi connectivity index (χ2n) is 5.39. The first kappa shape index (κ1) is 14.2. The molecule has 0 bridgehead atoms. The number of aryl methyl sites for hydroxylation is 1. The predicted molar refractivity (Wildman–Crippen MR) is 95.8 cm³/mol. The summed E-state index contributed by atoms with van der Waals surface area (Å²) >= 11 is 0. The van der Waals surface area contributed by atoms with Gasteiger partial charge in [-0.15, -0.1) is 0 Å². The average molecular weight is 316 g/mol. The number of anilines is 4. The highest BCUT2D eigenvalue weighted by molar-refractivity contribution is 5.90. The maximum Gasteiger partial charge on any atom is 0.163 e. The van der Waals surface area contributed by atoms with Gasteiger partial charge < -0.3 is 10.6 Å². The molecule has 0 atom stereocenters. The Bertz CT molecular complexity index is 977. The fraction of sp³-hybridized carbons (Fsp3) is 0.0556. The molecule has 0 fully saturated rings. The Hall–Kier alpha value is -3.41. The summed E-state index contributed by atoms with van der Waals surface area (Å²) in [5.41, 5.74) is 3.73. The van der Waals surface area contributed by atoms with Gasteiger partial charge >= 0.3 is 0 Å². The van der Waals surface area contributed by atoms with Crippen LogP contribution in [0, 0.1) is 0 Å². The minimum Gasteiger partial charge on any atom is -0.354 e. The molecule has 2 N–H and O–H groups in total. The molecule has 0 spiro atoms. The number of rotatable bonds is 4. The van der Waals surface area contributed by atoms with E-state index in [1.807, 2.05) is 61.6 Å². The number of aromatic nitrogens is 4. The summed E-state index contributed by atoms with van der Waals surface area (Å²) < 4.78 is 1.73. The third kappa shape index (κ3) is 2.65. The van der Waals surface area contributed by atoms with Gasteiger partial charge in [0, 0.05) is 12.7 Å². The first-order valence-corrected chi connectivity index (χ1v) is 7.62. The van der Waals surface area contributed by atoms with Gasteiger partial charge in [-0.05, 0) is 24.3 Å². The Morgan fingerprint density at radius 2 is 1.54 bits per heavy atom. The van der Waals surface area contributed by atoms with Crippen molar-refractivity contribution in [3.8, 4) is 0 Å². The quantitative estimate of drug-likeness (QED) is 0.598. The van der Waals surface area contributed by atoms with Gasteiger partial charge in [-0.1, -0.05) is 30.3 Å². The molecule has 0 aliphatic carbocycles. The van der Waals surface area contributed by atoms with Crippen LogP contribution in [0.1, 0.15) is 0 Å². The Morgan fingerprint density at radius 1 is 0.833 bits per heavy atom. The highest BCUT2D eigenvalue weighted by Crippen LogP contribution is 2.29. The van der Waals surface area contributed by atoms with Crippen LogP contribution in [-0.4, -0.2) is 19.7 Å². The first-order valence-electron chi connectivity index (χ1n) is 7.62. The van der Waals surface area contributed by atoms with Crippen molar-refractivity contribution in [2.24, 2.45) is 7.05 Å². The van der Waals surface area contributed by atoms with Crippen LogP contribution in [0.4, 0.5) is 22.9 Å². The van der Waals surface area contributed by atoms with Crippen LogP contribution in [0.5, 0.6) is 0 Å². The zero-order valence-corrected chi connectivity index (χ0v) is 13.1. The lowest BCUT2D eigenvalue weighted by Gasteiger charge is -2.13. The van der Waals surface area contributed by atoms with Gasteiger partial charge in [0.05, 0.1) is 23.0 Å². The fourth-order valence-electron chi connectivity index (χ4n) is 2.57. The smallest absolute Gasteiger partial charge is 0.163 e. The van der Waals surface area contributed by atoms with Gasteiger partial charge in [0.1, 0.15) is 12.1 Å². The molecule has 0 aliphatic rings. The lowest BCUT2D eigenvalue weighted by Crippen LogP contribution is -2.00. The van der Waals surface area contributed by atoms with E-state index in [1.165, 1.54) is 0 Å². The largest absolute Gasteiger partial charge is 0.354 e. The summed E-state index contributed by atoms with van der Waals surface area (Å²) in [6.07, 6.45) is 3.31. The molecule has 2 aromatic carbocycles. The van der Waals surface area contributed by atoms with Crippen LogP contribution in [-0.2, 0) is 7.05 Å². The highest BCUT2D eigenvalue weighted by atomic mass is 15.3. The molecule has 6 nitrogen and oxygen atoms in total. The molecule has 4 aromatic rings. The molecule has 0 saturated carbocycles. The van der Waals surface area contributed by atoms with E-state index in [9.17, 15) is 0 Å². The first-order chi connectivity index (χ1) is 11.8. The molecule has 2 heterocycles. The Morgan fingerprint density at radius 3 is 2.33 bits per heavy atom.